The van der Waals surface area contributed by atoms with Crippen molar-refractivity contribution < 1.29 is 9.90 Å². The molecule has 0 bridgehead atoms. The maximum absolute atomic E-state index is 11.4. The summed E-state index contributed by atoms with van der Waals surface area (Å²) in [6, 6.07) is 7.66. The van der Waals surface area contributed by atoms with E-state index in [2.05, 4.69) is 10.2 Å². The van der Waals surface area contributed by atoms with Crippen LogP contribution in [0.15, 0.2) is 35.7 Å². The minimum atomic E-state index is -0.906. The first-order chi connectivity index (χ1) is 9.66. The van der Waals surface area contributed by atoms with Gasteiger partial charge >= 0.3 is 5.97 Å². The number of aromatic carboxylic acids is 1. The second-order valence-electron chi connectivity index (χ2n) is 4.02. The van der Waals surface area contributed by atoms with E-state index in [9.17, 15) is 9.90 Å². The number of thiophene rings is 1. The molecule has 0 spiro atoms. The van der Waals surface area contributed by atoms with Crippen LogP contribution in [0, 0.1) is 0 Å². The number of nitrogens with two attached hydrogens (primary N) is 1. The Hall–Kier alpha value is -2.06. The summed E-state index contributed by atoms with van der Waals surface area (Å²) in [5, 5.41) is 18.4. The quantitative estimate of drug-likeness (QED) is 0.567. The van der Waals surface area contributed by atoms with Gasteiger partial charge in [0.1, 0.15) is 11.2 Å². The van der Waals surface area contributed by atoms with Gasteiger partial charge in [-0.05, 0) is 17.0 Å². The van der Waals surface area contributed by atoms with Crippen molar-refractivity contribution in [3.05, 3.63) is 41.0 Å². The molecule has 0 aliphatic heterocycles. The van der Waals surface area contributed by atoms with Crippen molar-refractivity contribution in [1.82, 2.24) is 14.9 Å². The van der Waals surface area contributed by atoms with Gasteiger partial charge in [0.25, 0.3) is 0 Å². The topological polar surface area (TPSA) is 94.0 Å². The van der Waals surface area contributed by atoms with Crippen molar-refractivity contribution >= 4 is 39.2 Å². The normalized spacial score (nSPS) is 11.0. The van der Waals surface area contributed by atoms with E-state index in [1.807, 2.05) is 24.3 Å². The zero-order valence-corrected chi connectivity index (χ0v) is 11.8. The van der Waals surface area contributed by atoms with Crippen molar-refractivity contribution in [2.45, 2.75) is 10.9 Å². The van der Waals surface area contributed by atoms with Crippen molar-refractivity contribution in [1.29, 1.82) is 0 Å². The highest BCUT2D eigenvalue weighted by Gasteiger charge is 2.18. The Bertz CT molecular complexity index is 781. The Morgan fingerprint density at radius 1 is 1.45 bits per heavy atom. The average Bonchev–Trinajstić information content (AvgIpc) is 3.00. The molecule has 0 amide bonds. The lowest BCUT2D eigenvalue weighted by molar-refractivity contribution is 0.0701. The molecule has 0 fully saturated rings. The fraction of sp³-hybridized carbons (Fsp3) is 0.0833. The number of carboxylic acid groups (broad SMARTS) is 1. The van der Waals surface area contributed by atoms with Gasteiger partial charge in [-0.1, -0.05) is 30.0 Å². The van der Waals surface area contributed by atoms with Gasteiger partial charge in [-0.2, -0.15) is 0 Å². The smallest absolute Gasteiger partial charge is 0.346 e. The third-order valence-electron chi connectivity index (χ3n) is 2.78. The number of aromatic nitrogens is 3. The lowest BCUT2D eigenvalue weighted by atomic mass is 10.1. The standard InChI is InChI=1S/C12H10N4O2S2/c13-16-6-14-15-12(16)19-5-8-7-3-1-2-4-9(7)20-10(8)11(17)18/h1-4,6H,5,13H2,(H,17,18). The van der Waals surface area contributed by atoms with Crippen LogP contribution in [0.2, 0.25) is 0 Å². The SMILES string of the molecule is Nn1cnnc1SCc1c(C(=O)O)sc2ccccc12. The van der Waals surface area contributed by atoms with E-state index in [0.29, 0.717) is 15.8 Å². The van der Waals surface area contributed by atoms with E-state index < -0.39 is 5.97 Å². The Balaban J connectivity index is 1.99. The molecule has 0 atom stereocenters. The Morgan fingerprint density at radius 2 is 2.25 bits per heavy atom. The summed E-state index contributed by atoms with van der Waals surface area (Å²) in [5.74, 6) is 5.23. The van der Waals surface area contributed by atoms with Crippen LogP contribution in [0.25, 0.3) is 10.1 Å². The van der Waals surface area contributed by atoms with Gasteiger partial charge in [0.05, 0.1) is 0 Å². The number of thioether (sulfide) groups is 1. The fourth-order valence-corrected chi connectivity index (χ4v) is 3.91. The van der Waals surface area contributed by atoms with Gasteiger partial charge < -0.3 is 10.9 Å². The molecule has 20 heavy (non-hydrogen) atoms. The highest BCUT2D eigenvalue weighted by atomic mass is 32.2. The molecule has 0 aliphatic carbocycles. The summed E-state index contributed by atoms with van der Waals surface area (Å²) >= 11 is 2.65. The number of benzene rings is 1. The summed E-state index contributed by atoms with van der Waals surface area (Å²) in [6.07, 6.45) is 1.41. The van der Waals surface area contributed by atoms with Crippen LogP contribution < -0.4 is 5.84 Å². The summed E-state index contributed by atoms with van der Waals surface area (Å²) in [6.45, 7) is 0. The molecule has 102 valence electrons. The van der Waals surface area contributed by atoms with Gasteiger partial charge in [-0.25, -0.2) is 9.47 Å². The second-order valence-corrected chi connectivity index (χ2v) is 6.02. The monoisotopic (exact) mass is 306 g/mol. The van der Waals surface area contributed by atoms with Crippen LogP contribution in [0.5, 0.6) is 0 Å². The molecule has 3 rings (SSSR count). The average molecular weight is 306 g/mol. The minimum absolute atomic E-state index is 0.363. The van der Waals surface area contributed by atoms with E-state index in [4.69, 9.17) is 5.84 Å². The number of hydrogen-bond acceptors (Lipinski definition) is 6. The summed E-state index contributed by atoms with van der Waals surface area (Å²) in [4.78, 5) is 11.7. The Morgan fingerprint density at radius 3 is 2.95 bits per heavy atom. The molecule has 1 aromatic carbocycles. The van der Waals surface area contributed by atoms with Crippen molar-refractivity contribution in [2.75, 3.05) is 5.84 Å². The zero-order valence-electron chi connectivity index (χ0n) is 10.2. The molecule has 8 heteroatoms. The molecule has 3 N–H and O–H groups in total. The molecular formula is C12H10N4O2S2. The Labute approximate surface area is 122 Å². The number of rotatable bonds is 4. The molecule has 0 aliphatic rings. The van der Waals surface area contributed by atoms with Crippen LogP contribution in [-0.2, 0) is 5.75 Å². The third-order valence-corrected chi connectivity index (χ3v) is 4.96. The molecule has 3 aromatic rings. The molecule has 6 nitrogen and oxygen atoms in total. The van der Waals surface area contributed by atoms with Crippen LogP contribution in [0.1, 0.15) is 15.2 Å². The van der Waals surface area contributed by atoms with E-state index in [1.54, 1.807) is 0 Å². The first-order valence-corrected chi connectivity index (χ1v) is 7.48. The minimum Gasteiger partial charge on any atom is -0.477 e. The fourth-order valence-electron chi connectivity index (χ4n) is 1.89. The third kappa shape index (κ3) is 2.23. The lowest BCUT2D eigenvalue weighted by Gasteiger charge is -2.01. The molecule has 0 saturated carbocycles. The van der Waals surface area contributed by atoms with Crippen molar-refractivity contribution in [3.8, 4) is 0 Å². The molecule has 0 saturated heterocycles. The molecule has 2 aromatic heterocycles. The summed E-state index contributed by atoms with van der Waals surface area (Å²) in [5.41, 5.74) is 0.797. The second kappa shape index (κ2) is 5.14. The number of hydrogen-bond donors (Lipinski definition) is 2. The lowest BCUT2D eigenvalue weighted by Crippen LogP contribution is -2.07. The molecule has 0 radical (unpaired) electrons. The number of nitrogen functional groups attached to an aromatic ring is 1. The zero-order chi connectivity index (χ0) is 14.1. The van der Waals surface area contributed by atoms with Crippen molar-refractivity contribution in [2.24, 2.45) is 0 Å². The predicted octanol–water partition coefficient (Wildman–Crippen LogP) is 2.20. The van der Waals surface area contributed by atoms with Gasteiger partial charge in [0.2, 0.25) is 5.16 Å². The molecular weight excluding hydrogens is 296 g/mol. The highest BCUT2D eigenvalue weighted by Crippen LogP contribution is 2.34. The Kier molecular flexibility index (Phi) is 3.33. The van der Waals surface area contributed by atoms with E-state index in [1.165, 1.54) is 34.1 Å². The number of nitrogens with zero attached hydrogens (tertiary/aromatic N) is 3. The highest BCUT2D eigenvalue weighted by molar-refractivity contribution is 7.98. The number of carboxylic acids is 1. The first kappa shape index (κ1) is 12.9. The van der Waals surface area contributed by atoms with Crippen molar-refractivity contribution in [3.63, 3.8) is 0 Å². The van der Waals surface area contributed by atoms with Gasteiger partial charge in [-0.15, -0.1) is 21.5 Å². The molecule has 2 heterocycles. The molecule has 0 unspecified atom stereocenters. The van der Waals surface area contributed by atoms with Crippen LogP contribution in [0.3, 0.4) is 0 Å². The van der Waals surface area contributed by atoms with Gasteiger partial charge in [-0.3, -0.25) is 0 Å². The van der Waals surface area contributed by atoms with E-state index in [0.717, 1.165) is 15.6 Å². The number of fused-ring (bicyclic) bond motifs is 1. The van der Waals surface area contributed by atoms with Crippen LogP contribution >= 0.6 is 23.1 Å². The van der Waals surface area contributed by atoms with Crippen LogP contribution in [0.4, 0.5) is 0 Å². The van der Waals surface area contributed by atoms with Crippen LogP contribution in [-0.4, -0.2) is 25.9 Å². The van der Waals surface area contributed by atoms with E-state index >= 15 is 0 Å². The maximum Gasteiger partial charge on any atom is 0.346 e. The maximum atomic E-state index is 11.4. The summed E-state index contributed by atoms with van der Waals surface area (Å²) < 4.78 is 2.29. The number of carbonyl (C=O) groups is 1. The predicted molar refractivity (Wildman–Crippen MR) is 78.5 cm³/mol. The summed E-state index contributed by atoms with van der Waals surface area (Å²) in [7, 11) is 0. The largest absolute Gasteiger partial charge is 0.477 e. The van der Waals surface area contributed by atoms with Gasteiger partial charge in [0.15, 0.2) is 0 Å². The van der Waals surface area contributed by atoms with Gasteiger partial charge in [0, 0.05) is 10.5 Å². The van der Waals surface area contributed by atoms with E-state index in [-0.39, 0.29) is 0 Å². The first-order valence-electron chi connectivity index (χ1n) is 5.68.